The fraction of sp³-hybridized carbons (Fsp3) is 0.130. The molecule has 32 heavy (non-hydrogen) atoms. The maximum absolute atomic E-state index is 13.0. The Hall–Kier alpha value is -4.16. The molecule has 0 saturated heterocycles. The second-order valence-electron chi connectivity index (χ2n) is 6.89. The van der Waals surface area contributed by atoms with E-state index in [2.05, 4.69) is 10.4 Å². The molecule has 0 amide bonds. The lowest BCUT2D eigenvalue weighted by molar-refractivity contribution is -0.139. The van der Waals surface area contributed by atoms with Gasteiger partial charge in [-0.15, -0.1) is 0 Å². The van der Waals surface area contributed by atoms with Gasteiger partial charge in [-0.2, -0.15) is 9.64 Å². The lowest BCUT2D eigenvalue weighted by atomic mass is 9.81. The fourth-order valence-corrected chi connectivity index (χ4v) is 4.41. The molecule has 9 heteroatoms. The van der Waals surface area contributed by atoms with Gasteiger partial charge in [-0.25, -0.2) is 9.59 Å². The number of fused-ring (bicyclic) bond motifs is 1. The number of nitrogens with zero attached hydrogens (tertiary/aromatic N) is 3. The molecule has 3 aromatic rings. The highest BCUT2D eigenvalue weighted by atomic mass is 32.1. The summed E-state index contributed by atoms with van der Waals surface area (Å²) in [6.07, 6.45) is 0. The summed E-state index contributed by atoms with van der Waals surface area (Å²) >= 11 is 1.29. The van der Waals surface area contributed by atoms with Gasteiger partial charge in [-0.05, 0) is 35.3 Å². The molecule has 4 rings (SSSR count). The molecule has 8 nitrogen and oxygen atoms in total. The average Bonchev–Trinajstić information content (AvgIpc) is 3.30. The average molecular weight is 446 g/mol. The van der Waals surface area contributed by atoms with Crippen molar-refractivity contribution in [3.05, 3.63) is 82.1 Å². The number of rotatable bonds is 4. The molecule has 2 N–H and O–H groups in total. The number of nitrogens with two attached hydrogens (primary N) is 1. The van der Waals surface area contributed by atoms with Crippen LogP contribution < -0.4 is 10.6 Å². The van der Waals surface area contributed by atoms with Crippen LogP contribution in [0.15, 0.2) is 76.6 Å². The highest BCUT2D eigenvalue weighted by molar-refractivity contribution is 7.04. The first-order chi connectivity index (χ1) is 15.5. The summed E-state index contributed by atoms with van der Waals surface area (Å²) in [6.45, 7) is 0. The molecule has 1 aliphatic heterocycles. The number of benzene rings is 2. The third-order valence-corrected chi connectivity index (χ3v) is 5.87. The first-order valence-electron chi connectivity index (χ1n) is 9.51. The summed E-state index contributed by atoms with van der Waals surface area (Å²) in [5, 5.41) is 12.8. The third kappa shape index (κ3) is 3.36. The summed E-state index contributed by atoms with van der Waals surface area (Å²) in [4.78, 5) is 27.4. The Balaban J connectivity index is 2.06. The normalized spacial score (nSPS) is 16.2. The molecule has 1 aromatic heterocycles. The first-order valence-corrected chi connectivity index (χ1v) is 10.3. The van der Waals surface area contributed by atoms with Crippen LogP contribution in [0.1, 0.15) is 11.5 Å². The molecule has 0 radical (unpaired) electrons. The van der Waals surface area contributed by atoms with E-state index in [1.165, 1.54) is 30.7 Å². The molecule has 0 spiro atoms. The number of hydrogen-bond donors (Lipinski definition) is 1. The van der Waals surface area contributed by atoms with Crippen molar-refractivity contribution in [1.29, 1.82) is 5.26 Å². The number of methoxy groups -OCH3 is 2. The zero-order valence-corrected chi connectivity index (χ0v) is 18.1. The summed E-state index contributed by atoms with van der Waals surface area (Å²) in [7, 11) is 2.43. The van der Waals surface area contributed by atoms with E-state index in [0.29, 0.717) is 16.8 Å². The van der Waals surface area contributed by atoms with Gasteiger partial charge in [0.2, 0.25) is 0 Å². The van der Waals surface area contributed by atoms with Gasteiger partial charge in [-0.3, -0.25) is 4.90 Å². The SMILES string of the molecule is COC(=O)C1=C(C(=O)OC)N(c2ccc3csnc3c2)C(N)=C(C#N)C1c1ccccc1. The molecular weight excluding hydrogens is 428 g/mol. The van der Waals surface area contributed by atoms with Gasteiger partial charge in [-0.1, -0.05) is 30.3 Å². The standard InChI is InChI=1S/C23H18N4O4S/c1-30-22(28)19-18(13-6-4-3-5-7-13)16(11-24)21(25)27(20(19)23(29)31-2)15-9-8-14-12-32-26-17(14)10-15/h3-10,12,18H,25H2,1-2H3. The molecule has 1 unspecified atom stereocenters. The van der Waals surface area contributed by atoms with Crippen LogP contribution in [0.3, 0.4) is 0 Å². The lowest BCUT2D eigenvalue weighted by Gasteiger charge is -2.35. The van der Waals surface area contributed by atoms with Gasteiger partial charge in [0.15, 0.2) is 0 Å². The minimum Gasteiger partial charge on any atom is -0.466 e. The molecule has 1 aliphatic rings. The van der Waals surface area contributed by atoms with Gasteiger partial charge < -0.3 is 15.2 Å². The Kier molecular flexibility index (Phi) is 5.62. The van der Waals surface area contributed by atoms with Crippen LogP contribution >= 0.6 is 11.5 Å². The summed E-state index contributed by atoms with van der Waals surface area (Å²) in [5.74, 6) is -2.44. The second kappa shape index (κ2) is 8.53. The van der Waals surface area contributed by atoms with Crippen molar-refractivity contribution in [2.75, 3.05) is 19.1 Å². The van der Waals surface area contributed by atoms with Crippen molar-refractivity contribution < 1.29 is 19.1 Å². The number of carbonyl (C=O) groups excluding carboxylic acids is 2. The number of hydrogen-bond acceptors (Lipinski definition) is 9. The van der Waals surface area contributed by atoms with Crippen LogP contribution in [0, 0.1) is 11.3 Å². The largest absolute Gasteiger partial charge is 0.466 e. The van der Waals surface area contributed by atoms with E-state index in [0.717, 1.165) is 5.39 Å². The maximum Gasteiger partial charge on any atom is 0.355 e. The zero-order chi connectivity index (χ0) is 22.8. The number of carbonyl (C=O) groups is 2. The van der Waals surface area contributed by atoms with Crippen molar-refractivity contribution in [1.82, 2.24) is 4.37 Å². The number of aromatic nitrogens is 1. The minimum atomic E-state index is -0.901. The molecule has 0 saturated carbocycles. The number of allylic oxidation sites excluding steroid dienone is 1. The van der Waals surface area contributed by atoms with E-state index < -0.39 is 17.9 Å². The molecule has 1 atom stereocenters. The highest BCUT2D eigenvalue weighted by Gasteiger charge is 2.43. The van der Waals surface area contributed by atoms with Gasteiger partial charge in [0, 0.05) is 10.8 Å². The Morgan fingerprint density at radius 3 is 2.50 bits per heavy atom. The number of anilines is 1. The van der Waals surface area contributed by atoms with Crippen LogP contribution in [-0.2, 0) is 19.1 Å². The third-order valence-electron chi connectivity index (χ3n) is 5.21. The van der Waals surface area contributed by atoms with Crippen LogP contribution in [0.2, 0.25) is 0 Å². The number of ether oxygens (including phenoxy) is 2. The minimum absolute atomic E-state index is 0.0176. The Bertz CT molecular complexity index is 1320. The summed E-state index contributed by atoms with van der Waals surface area (Å²) < 4.78 is 14.4. The van der Waals surface area contributed by atoms with Crippen LogP contribution in [0.25, 0.3) is 10.9 Å². The van der Waals surface area contributed by atoms with Crippen molar-refractivity contribution in [2.45, 2.75) is 5.92 Å². The quantitative estimate of drug-likeness (QED) is 0.607. The monoisotopic (exact) mass is 446 g/mol. The van der Waals surface area contributed by atoms with Gasteiger partial charge in [0.25, 0.3) is 0 Å². The van der Waals surface area contributed by atoms with Crippen LogP contribution in [0.5, 0.6) is 0 Å². The van der Waals surface area contributed by atoms with E-state index >= 15 is 0 Å². The molecule has 0 fully saturated rings. The fourth-order valence-electron chi connectivity index (χ4n) is 3.77. The molecule has 2 heterocycles. The van der Waals surface area contributed by atoms with Gasteiger partial charge >= 0.3 is 11.9 Å². The number of esters is 2. The van der Waals surface area contributed by atoms with E-state index in [9.17, 15) is 14.9 Å². The van der Waals surface area contributed by atoms with E-state index in [1.807, 2.05) is 17.5 Å². The van der Waals surface area contributed by atoms with Crippen molar-refractivity contribution in [2.24, 2.45) is 5.73 Å². The molecular formula is C23H18N4O4S. The van der Waals surface area contributed by atoms with Gasteiger partial charge in [0.1, 0.15) is 11.5 Å². The Morgan fingerprint density at radius 2 is 1.84 bits per heavy atom. The van der Waals surface area contributed by atoms with Crippen molar-refractivity contribution in [3.63, 3.8) is 0 Å². The predicted octanol–water partition coefficient (Wildman–Crippen LogP) is 3.19. The zero-order valence-electron chi connectivity index (χ0n) is 17.2. The second-order valence-corrected chi connectivity index (χ2v) is 7.52. The highest BCUT2D eigenvalue weighted by Crippen LogP contribution is 2.43. The predicted molar refractivity (Wildman–Crippen MR) is 119 cm³/mol. The Labute approximate surface area is 187 Å². The van der Waals surface area contributed by atoms with Crippen molar-refractivity contribution in [3.8, 4) is 6.07 Å². The Morgan fingerprint density at radius 1 is 1.12 bits per heavy atom. The maximum atomic E-state index is 13.0. The molecule has 0 aliphatic carbocycles. The summed E-state index contributed by atoms with van der Waals surface area (Å²) in [5.41, 5.74) is 8.20. The van der Waals surface area contributed by atoms with E-state index in [-0.39, 0.29) is 22.7 Å². The van der Waals surface area contributed by atoms with Crippen LogP contribution in [-0.4, -0.2) is 30.5 Å². The van der Waals surface area contributed by atoms with E-state index in [4.69, 9.17) is 15.2 Å². The molecule has 2 aromatic carbocycles. The molecule has 0 bridgehead atoms. The lowest BCUT2D eigenvalue weighted by Crippen LogP contribution is -2.40. The van der Waals surface area contributed by atoms with Gasteiger partial charge in [0.05, 0.1) is 48.6 Å². The molecule has 160 valence electrons. The van der Waals surface area contributed by atoms with Crippen LogP contribution in [0.4, 0.5) is 5.69 Å². The first kappa shape index (κ1) is 21.1. The smallest absolute Gasteiger partial charge is 0.355 e. The summed E-state index contributed by atoms with van der Waals surface area (Å²) in [6, 6.07) is 16.3. The van der Waals surface area contributed by atoms with Crippen molar-refractivity contribution >= 4 is 40.1 Å². The number of nitriles is 1. The topological polar surface area (TPSA) is 119 Å². The van der Waals surface area contributed by atoms with E-state index in [1.54, 1.807) is 36.4 Å².